The van der Waals surface area contributed by atoms with E-state index in [1.54, 1.807) is 11.9 Å². The molecule has 2 N–H and O–H groups in total. The molecule has 0 bridgehead atoms. The molecular weight excluding hydrogens is 280 g/mol. The van der Waals surface area contributed by atoms with Gasteiger partial charge in [-0.15, -0.1) is 0 Å². The molecule has 94 valence electrons. The fraction of sp³-hybridized carbons (Fsp3) is 0.462. The molecule has 0 spiro atoms. The van der Waals surface area contributed by atoms with E-state index >= 15 is 0 Å². The Morgan fingerprint density at radius 3 is 2.53 bits per heavy atom. The first-order chi connectivity index (χ1) is 7.79. The third kappa shape index (κ3) is 4.88. The van der Waals surface area contributed by atoms with Gasteiger partial charge in [-0.05, 0) is 25.5 Å². The quantitative estimate of drug-likeness (QED) is 0.928. The molecule has 1 amide bonds. The largest absolute Gasteiger partial charge is 0.341 e. The zero-order valence-corrected chi connectivity index (χ0v) is 12.1. The summed E-state index contributed by atoms with van der Waals surface area (Å²) in [6, 6.07) is 7.89. The number of carbonyl (C=O) groups is 1. The normalized spacial score (nSPS) is 11.4. The van der Waals surface area contributed by atoms with Gasteiger partial charge >= 0.3 is 0 Å². The van der Waals surface area contributed by atoms with Crippen LogP contribution in [0.25, 0.3) is 0 Å². The smallest absolute Gasteiger partial charge is 0.224 e. The molecular formula is C13H19BrN2O. The maximum Gasteiger partial charge on any atom is 0.224 e. The number of rotatable bonds is 4. The molecule has 3 nitrogen and oxygen atoms in total. The van der Waals surface area contributed by atoms with E-state index in [0.29, 0.717) is 13.0 Å². The summed E-state index contributed by atoms with van der Waals surface area (Å²) in [6.45, 7) is 4.31. The second-order valence-corrected chi connectivity index (χ2v) is 5.86. The van der Waals surface area contributed by atoms with Crippen LogP contribution in [0.4, 0.5) is 0 Å². The molecule has 1 rings (SSSR count). The zero-order valence-electron chi connectivity index (χ0n) is 10.5. The maximum atomic E-state index is 11.9. The van der Waals surface area contributed by atoms with Crippen molar-refractivity contribution in [1.82, 2.24) is 4.90 Å². The molecule has 0 heterocycles. The van der Waals surface area contributed by atoms with E-state index in [1.165, 1.54) is 0 Å². The van der Waals surface area contributed by atoms with E-state index in [0.717, 1.165) is 10.0 Å². The Kier molecular flexibility index (Phi) is 4.71. The molecule has 0 fully saturated rings. The molecule has 1 aromatic carbocycles. The third-order valence-electron chi connectivity index (χ3n) is 2.40. The summed E-state index contributed by atoms with van der Waals surface area (Å²) in [7, 11) is 1.80. The summed E-state index contributed by atoms with van der Waals surface area (Å²) < 4.78 is 1.02. The van der Waals surface area contributed by atoms with Gasteiger partial charge in [-0.2, -0.15) is 0 Å². The van der Waals surface area contributed by atoms with Crippen LogP contribution < -0.4 is 5.73 Å². The summed E-state index contributed by atoms with van der Waals surface area (Å²) in [5.74, 6) is 0.0632. The fourth-order valence-corrected chi connectivity index (χ4v) is 1.91. The van der Waals surface area contributed by atoms with Gasteiger partial charge < -0.3 is 10.6 Å². The minimum atomic E-state index is -0.459. The molecule has 0 aromatic heterocycles. The van der Waals surface area contributed by atoms with Gasteiger partial charge in [0.05, 0.1) is 0 Å². The van der Waals surface area contributed by atoms with Crippen molar-refractivity contribution in [2.45, 2.75) is 32.4 Å². The van der Waals surface area contributed by atoms with E-state index in [2.05, 4.69) is 15.9 Å². The summed E-state index contributed by atoms with van der Waals surface area (Å²) in [4.78, 5) is 13.6. The Bertz CT molecular complexity index is 399. The maximum absolute atomic E-state index is 11.9. The highest BCUT2D eigenvalue weighted by molar-refractivity contribution is 9.10. The highest BCUT2D eigenvalue weighted by Gasteiger charge is 2.19. The molecule has 0 saturated heterocycles. The van der Waals surface area contributed by atoms with E-state index in [-0.39, 0.29) is 5.91 Å². The van der Waals surface area contributed by atoms with Crippen molar-refractivity contribution in [3.8, 4) is 0 Å². The number of benzene rings is 1. The number of nitrogens with zero attached hydrogens (tertiary/aromatic N) is 1. The van der Waals surface area contributed by atoms with Gasteiger partial charge in [-0.3, -0.25) is 4.79 Å². The Labute approximate surface area is 111 Å². The van der Waals surface area contributed by atoms with Gasteiger partial charge in [0.15, 0.2) is 0 Å². The van der Waals surface area contributed by atoms with Crippen LogP contribution >= 0.6 is 15.9 Å². The molecule has 0 aliphatic heterocycles. The molecule has 0 unspecified atom stereocenters. The van der Waals surface area contributed by atoms with Gasteiger partial charge in [0.2, 0.25) is 5.91 Å². The van der Waals surface area contributed by atoms with E-state index < -0.39 is 5.54 Å². The summed E-state index contributed by atoms with van der Waals surface area (Å²) in [5.41, 5.74) is 6.48. The first-order valence-corrected chi connectivity index (χ1v) is 6.35. The number of halogens is 1. The van der Waals surface area contributed by atoms with E-state index in [9.17, 15) is 4.79 Å². The summed E-state index contributed by atoms with van der Waals surface area (Å²) in [6.07, 6.45) is 0.355. The predicted molar refractivity (Wildman–Crippen MR) is 73.5 cm³/mol. The highest BCUT2D eigenvalue weighted by atomic mass is 79.9. The molecule has 17 heavy (non-hydrogen) atoms. The van der Waals surface area contributed by atoms with Crippen LogP contribution in [-0.2, 0) is 11.3 Å². The lowest BCUT2D eigenvalue weighted by Crippen LogP contribution is -2.39. The lowest BCUT2D eigenvalue weighted by atomic mass is 10.0. The monoisotopic (exact) mass is 298 g/mol. The molecule has 1 aromatic rings. The van der Waals surface area contributed by atoms with Crippen LogP contribution in [0.2, 0.25) is 0 Å². The van der Waals surface area contributed by atoms with Crippen LogP contribution in [0, 0.1) is 0 Å². The number of hydrogen-bond donors (Lipinski definition) is 1. The van der Waals surface area contributed by atoms with Gasteiger partial charge in [-0.1, -0.05) is 34.1 Å². The molecule has 0 atom stereocenters. The highest BCUT2D eigenvalue weighted by Crippen LogP contribution is 2.18. The second-order valence-electron chi connectivity index (χ2n) is 5.01. The Morgan fingerprint density at radius 2 is 2.00 bits per heavy atom. The van der Waals surface area contributed by atoms with Crippen LogP contribution in [0.15, 0.2) is 28.7 Å². The number of nitrogens with two attached hydrogens (primary N) is 1. The van der Waals surface area contributed by atoms with Crippen molar-refractivity contribution in [3.05, 3.63) is 34.3 Å². The number of amides is 1. The topological polar surface area (TPSA) is 46.3 Å². The lowest BCUT2D eigenvalue weighted by molar-refractivity contribution is -0.131. The number of hydrogen-bond acceptors (Lipinski definition) is 2. The average molecular weight is 299 g/mol. The molecule has 0 saturated carbocycles. The fourth-order valence-electron chi connectivity index (χ4n) is 1.50. The second kappa shape index (κ2) is 5.65. The van der Waals surface area contributed by atoms with Crippen LogP contribution in [0.3, 0.4) is 0 Å². The van der Waals surface area contributed by atoms with Crippen molar-refractivity contribution in [2.75, 3.05) is 7.05 Å². The molecule has 4 heteroatoms. The first-order valence-electron chi connectivity index (χ1n) is 5.56. The molecule has 0 radical (unpaired) electrons. The Morgan fingerprint density at radius 1 is 1.41 bits per heavy atom. The van der Waals surface area contributed by atoms with Crippen molar-refractivity contribution < 1.29 is 4.79 Å². The van der Waals surface area contributed by atoms with Crippen LogP contribution in [-0.4, -0.2) is 23.4 Å². The first kappa shape index (κ1) is 14.2. The lowest BCUT2D eigenvalue weighted by Gasteiger charge is -2.23. The van der Waals surface area contributed by atoms with Crippen LogP contribution in [0.1, 0.15) is 25.8 Å². The Balaban J connectivity index is 2.64. The SMILES string of the molecule is CN(Cc1ccccc1Br)C(=O)CC(C)(C)N. The van der Waals surface area contributed by atoms with Gasteiger partial charge in [0, 0.05) is 30.0 Å². The summed E-state index contributed by atoms with van der Waals surface area (Å²) in [5, 5.41) is 0. The van der Waals surface area contributed by atoms with Crippen LogP contribution in [0.5, 0.6) is 0 Å². The minimum Gasteiger partial charge on any atom is -0.341 e. The molecule has 0 aliphatic rings. The van der Waals surface area contributed by atoms with Crippen molar-refractivity contribution in [2.24, 2.45) is 5.73 Å². The van der Waals surface area contributed by atoms with Gasteiger partial charge in [0.25, 0.3) is 0 Å². The van der Waals surface area contributed by atoms with Gasteiger partial charge in [-0.25, -0.2) is 0 Å². The zero-order chi connectivity index (χ0) is 13.1. The number of carbonyl (C=O) groups excluding carboxylic acids is 1. The summed E-state index contributed by atoms with van der Waals surface area (Å²) >= 11 is 3.47. The minimum absolute atomic E-state index is 0.0632. The van der Waals surface area contributed by atoms with Crippen molar-refractivity contribution >= 4 is 21.8 Å². The standard InChI is InChI=1S/C13H19BrN2O/c1-13(2,15)8-12(17)16(3)9-10-6-4-5-7-11(10)14/h4-7H,8-9,15H2,1-3H3. The van der Waals surface area contributed by atoms with Crippen molar-refractivity contribution in [1.29, 1.82) is 0 Å². The predicted octanol–water partition coefficient (Wildman–Crippen LogP) is 2.53. The Hall–Kier alpha value is -0.870. The molecule has 0 aliphatic carbocycles. The third-order valence-corrected chi connectivity index (χ3v) is 3.17. The van der Waals surface area contributed by atoms with E-state index in [4.69, 9.17) is 5.73 Å². The van der Waals surface area contributed by atoms with Gasteiger partial charge in [0.1, 0.15) is 0 Å². The average Bonchev–Trinajstić information content (AvgIpc) is 2.18. The van der Waals surface area contributed by atoms with Crippen molar-refractivity contribution in [3.63, 3.8) is 0 Å². The van der Waals surface area contributed by atoms with E-state index in [1.807, 2.05) is 38.1 Å².